The summed E-state index contributed by atoms with van der Waals surface area (Å²) in [6.07, 6.45) is 1.48. The lowest BCUT2D eigenvalue weighted by Crippen LogP contribution is -2.23. The van der Waals surface area contributed by atoms with Gasteiger partial charge in [-0.15, -0.1) is 0 Å². The van der Waals surface area contributed by atoms with Crippen LogP contribution in [0.3, 0.4) is 0 Å². The maximum atomic E-state index is 11.3. The third-order valence-corrected chi connectivity index (χ3v) is 2.86. The van der Waals surface area contributed by atoms with E-state index in [2.05, 4.69) is 32.2 Å². The molecule has 15 heavy (non-hydrogen) atoms. The zero-order valence-electron chi connectivity index (χ0n) is 9.55. The third kappa shape index (κ3) is 1.89. The predicted octanol–water partition coefficient (Wildman–Crippen LogP) is 2.87. The summed E-state index contributed by atoms with van der Waals surface area (Å²) >= 11 is 0. The van der Waals surface area contributed by atoms with Gasteiger partial charge in [0.25, 0.3) is 0 Å². The molecule has 2 nitrogen and oxygen atoms in total. The Hall–Kier alpha value is -1.31. The number of fused-ring (bicyclic) bond motifs is 1. The van der Waals surface area contributed by atoms with Gasteiger partial charge < -0.3 is 5.32 Å². The minimum atomic E-state index is 0.133. The van der Waals surface area contributed by atoms with Crippen molar-refractivity contribution in [1.29, 1.82) is 0 Å². The fourth-order valence-electron chi connectivity index (χ4n) is 2.13. The second-order valence-electron chi connectivity index (χ2n) is 5.13. The summed E-state index contributed by atoms with van der Waals surface area (Å²) in [6, 6.07) is 6.17. The predicted molar refractivity (Wildman–Crippen MR) is 62.1 cm³/mol. The van der Waals surface area contributed by atoms with E-state index in [4.69, 9.17) is 0 Å². The monoisotopic (exact) mass is 203 g/mol. The average molecular weight is 203 g/mol. The lowest BCUT2D eigenvalue weighted by Gasteiger charge is -2.27. The van der Waals surface area contributed by atoms with E-state index in [1.54, 1.807) is 0 Å². The van der Waals surface area contributed by atoms with Crippen LogP contribution < -0.4 is 5.32 Å². The van der Waals surface area contributed by atoms with Crippen molar-refractivity contribution in [3.05, 3.63) is 29.3 Å². The Labute approximate surface area is 90.7 Å². The van der Waals surface area contributed by atoms with Gasteiger partial charge in [0.1, 0.15) is 0 Å². The van der Waals surface area contributed by atoms with Crippen LogP contribution in [0, 0.1) is 0 Å². The van der Waals surface area contributed by atoms with E-state index in [0.717, 1.165) is 12.1 Å². The van der Waals surface area contributed by atoms with Crippen molar-refractivity contribution in [3.63, 3.8) is 0 Å². The van der Waals surface area contributed by atoms with Crippen molar-refractivity contribution >= 4 is 11.6 Å². The lowest BCUT2D eigenvalue weighted by atomic mass is 9.81. The number of nitrogens with one attached hydrogen (secondary N) is 1. The zero-order valence-corrected chi connectivity index (χ0v) is 9.55. The van der Waals surface area contributed by atoms with Crippen LogP contribution in [0.1, 0.15) is 38.3 Å². The van der Waals surface area contributed by atoms with Crippen molar-refractivity contribution in [2.45, 2.75) is 39.0 Å². The van der Waals surface area contributed by atoms with Crippen LogP contribution in [0.5, 0.6) is 0 Å². The van der Waals surface area contributed by atoms with Gasteiger partial charge in [-0.3, -0.25) is 4.79 Å². The van der Waals surface area contributed by atoms with Gasteiger partial charge in [0.2, 0.25) is 5.91 Å². The Morgan fingerprint density at radius 1 is 1.20 bits per heavy atom. The summed E-state index contributed by atoms with van der Waals surface area (Å²) in [5, 5.41) is 2.93. The Morgan fingerprint density at radius 3 is 2.60 bits per heavy atom. The first-order valence-corrected chi connectivity index (χ1v) is 5.41. The third-order valence-electron chi connectivity index (χ3n) is 2.86. The number of rotatable bonds is 0. The minimum Gasteiger partial charge on any atom is -0.326 e. The Morgan fingerprint density at radius 2 is 1.93 bits per heavy atom. The highest BCUT2D eigenvalue weighted by Gasteiger charge is 2.23. The minimum absolute atomic E-state index is 0.133. The fraction of sp³-hybridized carbons (Fsp3) is 0.462. The van der Waals surface area contributed by atoms with Crippen molar-refractivity contribution in [2.24, 2.45) is 0 Å². The molecule has 0 bridgehead atoms. The van der Waals surface area contributed by atoms with Gasteiger partial charge >= 0.3 is 0 Å². The fourth-order valence-corrected chi connectivity index (χ4v) is 2.13. The van der Waals surface area contributed by atoms with E-state index in [1.165, 1.54) is 11.1 Å². The summed E-state index contributed by atoms with van der Waals surface area (Å²) in [5.74, 6) is 0.133. The van der Waals surface area contributed by atoms with E-state index >= 15 is 0 Å². The summed E-state index contributed by atoms with van der Waals surface area (Å²) in [6.45, 7) is 6.62. The SMILES string of the molecule is CC(C)(C)c1cccc2c1CCC(=O)N2. The van der Waals surface area contributed by atoms with Crippen LogP contribution in [0.25, 0.3) is 0 Å². The molecule has 1 aromatic carbocycles. The summed E-state index contributed by atoms with van der Waals surface area (Å²) in [7, 11) is 0. The molecule has 1 heterocycles. The molecule has 1 amide bonds. The van der Waals surface area contributed by atoms with Crippen molar-refractivity contribution < 1.29 is 4.79 Å². The molecule has 80 valence electrons. The van der Waals surface area contributed by atoms with Crippen molar-refractivity contribution in [1.82, 2.24) is 0 Å². The number of amides is 1. The molecular weight excluding hydrogens is 186 g/mol. The van der Waals surface area contributed by atoms with Gasteiger partial charge in [-0.05, 0) is 29.0 Å². The lowest BCUT2D eigenvalue weighted by molar-refractivity contribution is -0.116. The molecule has 0 spiro atoms. The summed E-state index contributed by atoms with van der Waals surface area (Å²) < 4.78 is 0. The first kappa shape index (κ1) is 10.2. The zero-order chi connectivity index (χ0) is 11.1. The highest BCUT2D eigenvalue weighted by Crippen LogP contribution is 2.33. The smallest absolute Gasteiger partial charge is 0.224 e. The van der Waals surface area contributed by atoms with E-state index in [0.29, 0.717) is 6.42 Å². The van der Waals surface area contributed by atoms with E-state index in [9.17, 15) is 4.79 Å². The van der Waals surface area contributed by atoms with Crippen molar-refractivity contribution in [2.75, 3.05) is 5.32 Å². The molecule has 0 atom stereocenters. The Kier molecular flexibility index (Phi) is 2.29. The summed E-state index contributed by atoms with van der Waals surface area (Å²) in [5.41, 5.74) is 3.80. The van der Waals surface area contributed by atoms with Crippen molar-refractivity contribution in [3.8, 4) is 0 Å². The molecule has 1 aliphatic rings. The van der Waals surface area contributed by atoms with Crippen LogP contribution >= 0.6 is 0 Å². The molecule has 2 heteroatoms. The van der Waals surface area contributed by atoms with Gasteiger partial charge in [-0.1, -0.05) is 32.9 Å². The first-order chi connectivity index (χ1) is 6.98. The highest BCUT2D eigenvalue weighted by molar-refractivity contribution is 5.94. The highest BCUT2D eigenvalue weighted by atomic mass is 16.1. The molecule has 0 radical (unpaired) electrons. The van der Waals surface area contributed by atoms with Gasteiger partial charge in [-0.25, -0.2) is 0 Å². The topological polar surface area (TPSA) is 29.1 Å². The molecule has 0 aliphatic carbocycles. The number of hydrogen-bond donors (Lipinski definition) is 1. The molecule has 0 fully saturated rings. The van der Waals surface area contributed by atoms with E-state index < -0.39 is 0 Å². The number of hydrogen-bond acceptors (Lipinski definition) is 1. The van der Waals surface area contributed by atoms with Crippen LogP contribution in [-0.2, 0) is 16.6 Å². The maximum absolute atomic E-state index is 11.3. The number of carbonyl (C=O) groups excluding carboxylic acids is 1. The molecule has 0 saturated carbocycles. The van der Waals surface area contributed by atoms with Crippen LogP contribution in [-0.4, -0.2) is 5.91 Å². The molecule has 1 aliphatic heterocycles. The molecule has 1 aromatic rings. The molecular formula is C13H17NO. The van der Waals surface area contributed by atoms with Gasteiger partial charge in [0.15, 0.2) is 0 Å². The van der Waals surface area contributed by atoms with Gasteiger partial charge in [0.05, 0.1) is 0 Å². The second-order valence-corrected chi connectivity index (χ2v) is 5.13. The number of anilines is 1. The van der Waals surface area contributed by atoms with Crippen LogP contribution in [0.2, 0.25) is 0 Å². The normalized spacial score (nSPS) is 15.8. The Bertz CT molecular complexity index is 401. The standard InChI is InChI=1S/C13H17NO/c1-13(2,3)10-5-4-6-11-9(10)7-8-12(15)14-11/h4-6H,7-8H2,1-3H3,(H,14,15). The largest absolute Gasteiger partial charge is 0.326 e. The first-order valence-electron chi connectivity index (χ1n) is 5.41. The molecule has 0 aromatic heterocycles. The van der Waals surface area contributed by atoms with Crippen LogP contribution in [0.4, 0.5) is 5.69 Å². The molecule has 1 N–H and O–H groups in total. The van der Waals surface area contributed by atoms with Crippen LogP contribution in [0.15, 0.2) is 18.2 Å². The van der Waals surface area contributed by atoms with E-state index in [-0.39, 0.29) is 11.3 Å². The molecule has 2 rings (SSSR count). The second kappa shape index (κ2) is 3.37. The van der Waals surface area contributed by atoms with Gasteiger partial charge in [0, 0.05) is 12.1 Å². The maximum Gasteiger partial charge on any atom is 0.224 e. The molecule has 0 unspecified atom stereocenters. The quantitative estimate of drug-likeness (QED) is 0.690. The molecule has 0 saturated heterocycles. The Balaban J connectivity index is 2.51. The summed E-state index contributed by atoms with van der Waals surface area (Å²) in [4.78, 5) is 11.3. The van der Waals surface area contributed by atoms with Gasteiger partial charge in [-0.2, -0.15) is 0 Å². The average Bonchev–Trinajstić information content (AvgIpc) is 2.15. The number of benzene rings is 1. The van der Waals surface area contributed by atoms with E-state index in [1.807, 2.05) is 12.1 Å². The number of carbonyl (C=O) groups is 1.